The molecule has 0 aromatic carbocycles. The van der Waals surface area contributed by atoms with Gasteiger partial charge in [-0.15, -0.1) is 0 Å². The van der Waals surface area contributed by atoms with Crippen LogP contribution in [0.25, 0.3) is 0 Å². The lowest BCUT2D eigenvalue weighted by molar-refractivity contribution is 0.116. The average Bonchev–Trinajstić information content (AvgIpc) is 2.27. The van der Waals surface area contributed by atoms with Crippen LogP contribution in [-0.2, 0) is 17.9 Å². The zero-order valence-corrected chi connectivity index (χ0v) is 10.4. The third-order valence-electron chi connectivity index (χ3n) is 2.03. The summed E-state index contributed by atoms with van der Waals surface area (Å²) >= 11 is 0. The number of ether oxygens (including phenoxy) is 1. The molecule has 0 aliphatic carbocycles. The lowest BCUT2D eigenvalue weighted by Gasteiger charge is -2.08. The second-order valence-corrected chi connectivity index (χ2v) is 4.05. The first kappa shape index (κ1) is 13.1. The number of rotatable bonds is 7. The van der Waals surface area contributed by atoms with Crippen LogP contribution in [0.5, 0.6) is 0 Å². The summed E-state index contributed by atoms with van der Waals surface area (Å²) in [6.45, 7) is 8.37. The molecule has 0 saturated carbocycles. The predicted octanol–water partition coefficient (Wildman–Crippen LogP) is 1.90. The van der Waals surface area contributed by atoms with Crippen molar-refractivity contribution >= 4 is 0 Å². The molecule has 1 aromatic rings. The van der Waals surface area contributed by atoms with E-state index in [1.54, 1.807) is 6.20 Å². The molecule has 1 N–H and O–H groups in total. The van der Waals surface area contributed by atoms with Crippen molar-refractivity contribution in [1.29, 1.82) is 0 Å². The van der Waals surface area contributed by atoms with Crippen LogP contribution >= 0.6 is 0 Å². The molecule has 1 aromatic heterocycles. The minimum atomic E-state index is 0.467. The van der Waals surface area contributed by atoms with Crippen molar-refractivity contribution in [1.82, 2.24) is 15.3 Å². The summed E-state index contributed by atoms with van der Waals surface area (Å²) in [5.74, 6) is 0.761. The van der Waals surface area contributed by atoms with Crippen molar-refractivity contribution in [3.8, 4) is 0 Å². The van der Waals surface area contributed by atoms with Crippen LogP contribution in [-0.4, -0.2) is 22.6 Å². The predicted molar refractivity (Wildman–Crippen MR) is 64.0 cm³/mol. The summed E-state index contributed by atoms with van der Waals surface area (Å²) in [6.07, 6.45) is 2.81. The fourth-order valence-corrected chi connectivity index (χ4v) is 1.23. The summed E-state index contributed by atoms with van der Waals surface area (Å²) in [5, 5.41) is 3.33. The van der Waals surface area contributed by atoms with Crippen molar-refractivity contribution in [3.05, 3.63) is 23.8 Å². The summed E-state index contributed by atoms with van der Waals surface area (Å²) in [5.41, 5.74) is 1.01. The molecule has 0 saturated heterocycles. The lowest BCUT2D eigenvalue weighted by Crippen LogP contribution is -2.22. The third-order valence-corrected chi connectivity index (χ3v) is 2.03. The molecule has 0 amide bonds. The van der Waals surface area contributed by atoms with Crippen molar-refractivity contribution < 1.29 is 4.74 Å². The minimum absolute atomic E-state index is 0.467. The van der Waals surface area contributed by atoms with Gasteiger partial charge in [-0.25, -0.2) is 9.97 Å². The van der Waals surface area contributed by atoms with Crippen molar-refractivity contribution in [2.24, 2.45) is 0 Å². The summed E-state index contributed by atoms with van der Waals surface area (Å²) in [7, 11) is 0. The van der Waals surface area contributed by atoms with E-state index in [1.807, 2.05) is 6.07 Å². The Morgan fingerprint density at radius 3 is 2.94 bits per heavy atom. The molecule has 4 nitrogen and oxygen atoms in total. The summed E-state index contributed by atoms with van der Waals surface area (Å²) in [6, 6.07) is 2.40. The zero-order chi connectivity index (χ0) is 11.8. The van der Waals surface area contributed by atoms with Crippen LogP contribution < -0.4 is 5.32 Å². The smallest absolute Gasteiger partial charge is 0.154 e. The Balaban J connectivity index is 2.43. The number of aromatic nitrogens is 2. The van der Waals surface area contributed by atoms with Crippen molar-refractivity contribution in [2.75, 3.05) is 6.61 Å². The second-order valence-electron chi connectivity index (χ2n) is 4.05. The molecule has 16 heavy (non-hydrogen) atoms. The highest BCUT2D eigenvalue weighted by atomic mass is 16.5. The third kappa shape index (κ3) is 5.19. The van der Waals surface area contributed by atoms with Crippen LogP contribution in [0.3, 0.4) is 0 Å². The molecule has 1 heterocycles. The largest absolute Gasteiger partial charge is 0.373 e. The van der Waals surface area contributed by atoms with E-state index in [-0.39, 0.29) is 0 Å². The molecule has 0 aliphatic rings. The van der Waals surface area contributed by atoms with Gasteiger partial charge in [0.05, 0.1) is 5.69 Å². The Hall–Kier alpha value is -1.00. The molecule has 0 unspecified atom stereocenters. The van der Waals surface area contributed by atoms with Gasteiger partial charge in [0.2, 0.25) is 0 Å². The number of nitrogens with one attached hydrogen (secondary N) is 1. The molecule has 0 radical (unpaired) electrons. The van der Waals surface area contributed by atoms with Gasteiger partial charge in [-0.3, -0.25) is 0 Å². The molecule has 0 aliphatic heterocycles. The van der Waals surface area contributed by atoms with Crippen LogP contribution in [0.2, 0.25) is 0 Å². The molecule has 4 heteroatoms. The highest BCUT2D eigenvalue weighted by Gasteiger charge is 2.00. The minimum Gasteiger partial charge on any atom is -0.373 e. The van der Waals surface area contributed by atoms with Crippen LogP contribution in [0.15, 0.2) is 12.3 Å². The van der Waals surface area contributed by atoms with Crippen LogP contribution in [0, 0.1) is 0 Å². The topological polar surface area (TPSA) is 47.0 Å². The maximum absolute atomic E-state index is 5.40. The monoisotopic (exact) mass is 223 g/mol. The standard InChI is InChI=1S/C12H21N3O/c1-4-7-16-9-12-13-6-5-11(15-12)8-14-10(2)3/h5-6,10,14H,4,7-9H2,1-3H3. The van der Waals surface area contributed by atoms with Crippen LogP contribution in [0.4, 0.5) is 0 Å². The van der Waals surface area contributed by atoms with E-state index in [1.165, 1.54) is 0 Å². The Labute approximate surface area is 97.5 Å². The van der Waals surface area contributed by atoms with E-state index in [0.717, 1.165) is 31.1 Å². The quantitative estimate of drug-likeness (QED) is 0.717. The number of nitrogens with zero attached hydrogens (tertiary/aromatic N) is 2. The molecule has 90 valence electrons. The molecule has 0 fully saturated rings. The Morgan fingerprint density at radius 2 is 2.25 bits per heavy atom. The highest BCUT2D eigenvalue weighted by molar-refractivity contribution is 5.01. The van der Waals surface area contributed by atoms with Gasteiger partial charge in [0, 0.05) is 25.4 Å². The Morgan fingerprint density at radius 1 is 1.44 bits per heavy atom. The zero-order valence-electron chi connectivity index (χ0n) is 10.4. The van der Waals surface area contributed by atoms with Gasteiger partial charge in [-0.05, 0) is 12.5 Å². The molecule has 0 atom stereocenters. The molecule has 0 bridgehead atoms. The van der Waals surface area contributed by atoms with Gasteiger partial charge in [0.15, 0.2) is 5.82 Å². The van der Waals surface area contributed by atoms with E-state index in [0.29, 0.717) is 12.6 Å². The van der Waals surface area contributed by atoms with E-state index in [9.17, 15) is 0 Å². The first-order valence-corrected chi connectivity index (χ1v) is 5.84. The van der Waals surface area contributed by atoms with E-state index >= 15 is 0 Å². The van der Waals surface area contributed by atoms with Crippen LogP contribution in [0.1, 0.15) is 38.7 Å². The molecular formula is C12H21N3O. The van der Waals surface area contributed by atoms with E-state index in [2.05, 4.69) is 36.1 Å². The van der Waals surface area contributed by atoms with Gasteiger partial charge >= 0.3 is 0 Å². The molecule has 0 spiro atoms. The van der Waals surface area contributed by atoms with E-state index < -0.39 is 0 Å². The fourth-order valence-electron chi connectivity index (χ4n) is 1.23. The fraction of sp³-hybridized carbons (Fsp3) is 0.667. The SMILES string of the molecule is CCCOCc1nccc(CNC(C)C)n1. The van der Waals surface area contributed by atoms with Gasteiger partial charge in [-0.1, -0.05) is 20.8 Å². The van der Waals surface area contributed by atoms with Gasteiger partial charge in [0.25, 0.3) is 0 Å². The normalized spacial score (nSPS) is 11.0. The van der Waals surface area contributed by atoms with Gasteiger partial charge in [-0.2, -0.15) is 0 Å². The number of hydrogen-bond donors (Lipinski definition) is 1. The second kappa shape index (κ2) is 7.30. The lowest BCUT2D eigenvalue weighted by atomic mass is 10.3. The van der Waals surface area contributed by atoms with Crippen molar-refractivity contribution in [2.45, 2.75) is 46.4 Å². The summed E-state index contributed by atoms with van der Waals surface area (Å²) < 4.78 is 5.40. The molecule has 1 rings (SSSR count). The molecular weight excluding hydrogens is 202 g/mol. The van der Waals surface area contributed by atoms with Gasteiger partial charge in [0.1, 0.15) is 6.61 Å². The first-order chi connectivity index (χ1) is 7.72. The maximum atomic E-state index is 5.40. The Kier molecular flexibility index (Phi) is 5.96. The maximum Gasteiger partial charge on any atom is 0.154 e. The highest BCUT2D eigenvalue weighted by Crippen LogP contribution is 1.98. The first-order valence-electron chi connectivity index (χ1n) is 5.84. The van der Waals surface area contributed by atoms with Gasteiger partial charge < -0.3 is 10.1 Å². The van der Waals surface area contributed by atoms with Crippen molar-refractivity contribution in [3.63, 3.8) is 0 Å². The van der Waals surface area contributed by atoms with E-state index in [4.69, 9.17) is 4.74 Å². The number of hydrogen-bond acceptors (Lipinski definition) is 4. The summed E-state index contributed by atoms with van der Waals surface area (Å²) in [4.78, 5) is 8.59. The Bertz CT molecular complexity index is 302. The average molecular weight is 223 g/mol.